The van der Waals surface area contributed by atoms with Crippen LogP contribution in [-0.2, 0) is 4.74 Å². The van der Waals surface area contributed by atoms with Gasteiger partial charge >= 0.3 is 5.97 Å². The summed E-state index contributed by atoms with van der Waals surface area (Å²) in [7, 11) is 1.52. The van der Waals surface area contributed by atoms with Gasteiger partial charge in [0.1, 0.15) is 5.75 Å². The van der Waals surface area contributed by atoms with E-state index in [9.17, 15) is 4.79 Å². The number of nitrogens with two attached hydrogens (primary N) is 1. The Morgan fingerprint density at radius 3 is 2.73 bits per heavy atom. The standard InChI is InChI=1S/C10H12BrNO3/c1-3-15-10(13)6-4-5-7(14-2)9(12)8(6)11/h4-5H,3,12H2,1-2H3. The Hall–Kier alpha value is -1.23. The summed E-state index contributed by atoms with van der Waals surface area (Å²) in [6, 6.07) is 3.24. The fraction of sp³-hybridized carbons (Fsp3) is 0.300. The van der Waals surface area contributed by atoms with Crippen LogP contribution in [0.3, 0.4) is 0 Å². The number of methoxy groups -OCH3 is 1. The van der Waals surface area contributed by atoms with Crippen molar-refractivity contribution in [1.29, 1.82) is 0 Å². The number of hydrogen-bond donors (Lipinski definition) is 1. The summed E-state index contributed by atoms with van der Waals surface area (Å²) in [6.07, 6.45) is 0. The molecule has 0 bridgehead atoms. The van der Waals surface area contributed by atoms with Crippen molar-refractivity contribution in [2.24, 2.45) is 0 Å². The van der Waals surface area contributed by atoms with E-state index in [-0.39, 0.29) is 0 Å². The van der Waals surface area contributed by atoms with Crippen molar-refractivity contribution in [3.8, 4) is 5.75 Å². The van der Waals surface area contributed by atoms with E-state index in [1.807, 2.05) is 0 Å². The first-order chi connectivity index (χ1) is 7.11. The van der Waals surface area contributed by atoms with E-state index in [0.29, 0.717) is 28.1 Å². The van der Waals surface area contributed by atoms with E-state index in [2.05, 4.69) is 15.9 Å². The summed E-state index contributed by atoms with van der Waals surface area (Å²) in [5.41, 5.74) is 6.54. The zero-order chi connectivity index (χ0) is 11.4. The molecule has 5 heteroatoms. The van der Waals surface area contributed by atoms with Crippen LogP contribution in [-0.4, -0.2) is 19.7 Å². The monoisotopic (exact) mass is 273 g/mol. The predicted octanol–water partition coefficient (Wildman–Crippen LogP) is 2.22. The summed E-state index contributed by atoms with van der Waals surface area (Å²) >= 11 is 3.24. The van der Waals surface area contributed by atoms with E-state index in [1.54, 1.807) is 19.1 Å². The van der Waals surface area contributed by atoms with Crippen molar-refractivity contribution in [3.05, 3.63) is 22.2 Å². The third-order valence-electron chi connectivity index (χ3n) is 1.86. The molecule has 0 saturated carbocycles. The number of hydrogen-bond acceptors (Lipinski definition) is 4. The van der Waals surface area contributed by atoms with Gasteiger partial charge in [-0.2, -0.15) is 0 Å². The average molecular weight is 274 g/mol. The van der Waals surface area contributed by atoms with Crippen molar-refractivity contribution in [3.63, 3.8) is 0 Å². The third-order valence-corrected chi connectivity index (χ3v) is 2.71. The lowest BCUT2D eigenvalue weighted by atomic mass is 10.2. The molecule has 0 spiro atoms. The fourth-order valence-corrected chi connectivity index (χ4v) is 1.61. The van der Waals surface area contributed by atoms with Gasteiger partial charge in [0.2, 0.25) is 0 Å². The molecule has 2 N–H and O–H groups in total. The van der Waals surface area contributed by atoms with E-state index in [1.165, 1.54) is 7.11 Å². The lowest BCUT2D eigenvalue weighted by Crippen LogP contribution is -2.07. The van der Waals surface area contributed by atoms with E-state index < -0.39 is 5.97 Å². The molecule has 0 atom stereocenters. The van der Waals surface area contributed by atoms with Crippen molar-refractivity contribution < 1.29 is 14.3 Å². The lowest BCUT2D eigenvalue weighted by Gasteiger charge is -2.09. The highest BCUT2D eigenvalue weighted by Crippen LogP contribution is 2.32. The normalized spacial score (nSPS) is 9.80. The minimum absolute atomic E-state index is 0.331. The quantitative estimate of drug-likeness (QED) is 0.678. The minimum Gasteiger partial charge on any atom is -0.495 e. The van der Waals surface area contributed by atoms with Gasteiger partial charge in [0.05, 0.1) is 29.4 Å². The molecule has 82 valence electrons. The SMILES string of the molecule is CCOC(=O)c1ccc(OC)c(N)c1Br. The van der Waals surface area contributed by atoms with Gasteiger partial charge in [-0.3, -0.25) is 0 Å². The number of rotatable bonds is 3. The van der Waals surface area contributed by atoms with Crippen LogP contribution in [0.2, 0.25) is 0 Å². The largest absolute Gasteiger partial charge is 0.495 e. The maximum absolute atomic E-state index is 11.5. The lowest BCUT2D eigenvalue weighted by molar-refractivity contribution is 0.0525. The van der Waals surface area contributed by atoms with E-state index in [0.717, 1.165) is 0 Å². The summed E-state index contributed by atoms with van der Waals surface area (Å²) in [5, 5.41) is 0. The Bertz CT molecular complexity index is 379. The minimum atomic E-state index is -0.404. The average Bonchev–Trinajstić information content (AvgIpc) is 2.22. The highest BCUT2D eigenvalue weighted by Gasteiger charge is 2.15. The molecule has 0 unspecified atom stereocenters. The molecular formula is C10H12BrNO3. The van der Waals surface area contributed by atoms with Crippen LogP contribution in [0.5, 0.6) is 5.75 Å². The summed E-state index contributed by atoms with van der Waals surface area (Å²) in [4.78, 5) is 11.5. The van der Waals surface area contributed by atoms with Crippen LogP contribution < -0.4 is 10.5 Å². The van der Waals surface area contributed by atoms with Crippen LogP contribution in [0.15, 0.2) is 16.6 Å². The van der Waals surface area contributed by atoms with Crippen LogP contribution >= 0.6 is 15.9 Å². The predicted molar refractivity (Wildman–Crippen MR) is 61.1 cm³/mol. The highest BCUT2D eigenvalue weighted by atomic mass is 79.9. The smallest absolute Gasteiger partial charge is 0.339 e. The molecule has 0 fully saturated rings. The van der Waals surface area contributed by atoms with Gasteiger partial charge in [-0.25, -0.2) is 4.79 Å². The Morgan fingerprint density at radius 2 is 2.20 bits per heavy atom. The van der Waals surface area contributed by atoms with Gasteiger partial charge in [-0.15, -0.1) is 0 Å². The Balaban J connectivity index is 3.11. The first-order valence-corrected chi connectivity index (χ1v) is 5.20. The van der Waals surface area contributed by atoms with Gasteiger partial charge in [-0.1, -0.05) is 0 Å². The van der Waals surface area contributed by atoms with Crippen LogP contribution in [0.25, 0.3) is 0 Å². The van der Waals surface area contributed by atoms with Crippen molar-refractivity contribution in [2.45, 2.75) is 6.92 Å². The van der Waals surface area contributed by atoms with Crippen molar-refractivity contribution in [1.82, 2.24) is 0 Å². The number of benzene rings is 1. The molecule has 15 heavy (non-hydrogen) atoms. The second-order valence-corrected chi connectivity index (χ2v) is 3.56. The fourth-order valence-electron chi connectivity index (χ4n) is 1.12. The summed E-state index contributed by atoms with van der Waals surface area (Å²) in [6.45, 7) is 2.08. The van der Waals surface area contributed by atoms with Gasteiger partial charge in [-0.05, 0) is 35.0 Å². The van der Waals surface area contributed by atoms with Gasteiger partial charge in [0, 0.05) is 0 Å². The van der Waals surface area contributed by atoms with Gasteiger partial charge in [0.25, 0.3) is 0 Å². The molecule has 0 aliphatic carbocycles. The molecule has 0 aromatic heterocycles. The molecule has 0 saturated heterocycles. The molecule has 4 nitrogen and oxygen atoms in total. The Morgan fingerprint density at radius 1 is 1.53 bits per heavy atom. The molecule has 0 heterocycles. The van der Waals surface area contributed by atoms with E-state index >= 15 is 0 Å². The molecule has 0 radical (unpaired) electrons. The molecule has 1 aromatic rings. The topological polar surface area (TPSA) is 61.5 Å². The van der Waals surface area contributed by atoms with Gasteiger partial charge < -0.3 is 15.2 Å². The highest BCUT2D eigenvalue weighted by molar-refractivity contribution is 9.10. The molecule has 0 amide bonds. The van der Waals surface area contributed by atoms with E-state index in [4.69, 9.17) is 15.2 Å². The second-order valence-electron chi connectivity index (χ2n) is 2.76. The van der Waals surface area contributed by atoms with Crippen molar-refractivity contribution in [2.75, 3.05) is 19.5 Å². The molecule has 1 aromatic carbocycles. The van der Waals surface area contributed by atoms with Crippen LogP contribution in [0.1, 0.15) is 17.3 Å². The third kappa shape index (κ3) is 2.41. The zero-order valence-corrected chi connectivity index (χ0v) is 10.1. The summed E-state index contributed by atoms with van der Waals surface area (Å²) in [5.74, 6) is 0.119. The number of anilines is 1. The zero-order valence-electron chi connectivity index (χ0n) is 8.54. The Labute approximate surface area is 96.5 Å². The first-order valence-electron chi connectivity index (χ1n) is 4.40. The van der Waals surface area contributed by atoms with Crippen LogP contribution in [0.4, 0.5) is 5.69 Å². The maximum atomic E-state index is 11.5. The van der Waals surface area contributed by atoms with Crippen molar-refractivity contribution >= 4 is 27.6 Å². The molecule has 0 aliphatic heterocycles. The van der Waals surface area contributed by atoms with Gasteiger partial charge in [0.15, 0.2) is 0 Å². The molecule has 0 aliphatic rings. The second kappa shape index (κ2) is 5.02. The first kappa shape index (κ1) is 11.8. The summed E-state index contributed by atoms with van der Waals surface area (Å²) < 4.78 is 10.4. The number of nitrogen functional groups attached to an aromatic ring is 1. The molecular weight excluding hydrogens is 262 g/mol. The maximum Gasteiger partial charge on any atom is 0.339 e. The number of halogens is 1. The number of esters is 1. The molecule has 1 rings (SSSR count). The number of carbonyl (C=O) groups excluding carboxylic acids is 1. The van der Waals surface area contributed by atoms with Crippen LogP contribution in [0, 0.1) is 0 Å². The number of ether oxygens (including phenoxy) is 2. The Kier molecular flexibility index (Phi) is 3.96. The number of carbonyl (C=O) groups is 1.